The zero-order chi connectivity index (χ0) is 18.7. The second kappa shape index (κ2) is 7.19. The number of nitrogens with zero attached hydrogens (tertiary/aromatic N) is 1. The fraction of sp³-hybridized carbons (Fsp3) is 0.263. The summed E-state index contributed by atoms with van der Waals surface area (Å²) in [6.45, 7) is 1.38. The Labute approximate surface area is 148 Å². The summed E-state index contributed by atoms with van der Waals surface area (Å²) in [5.74, 6) is -1.02. The highest BCUT2D eigenvalue weighted by atomic mass is 19.4. The van der Waals surface area contributed by atoms with Gasteiger partial charge in [-0.3, -0.25) is 9.59 Å². The Morgan fingerprint density at radius 2 is 1.65 bits per heavy atom. The van der Waals surface area contributed by atoms with Crippen molar-refractivity contribution in [3.63, 3.8) is 0 Å². The number of amides is 2. The number of hydrogen-bond donors (Lipinski definition) is 1. The van der Waals surface area contributed by atoms with Crippen molar-refractivity contribution in [3.05, 3.63) is 65.2 Å². The van der Waals surface area contributed by atoms with E-state index in [0.717, 1.165) is 25.0 Å². The maximum Gasteiger partial charge on any atom is 0.417 e. The number of benzene rings is 2. The molecule has 1 saturated heterocycles. The van der Waals surface area contributed by atoms with Crippen molar-refractivity contribution in [2.75, 3.05) is 18.4 Å². The number of rotatable bonds is 3. The first-order chi connectivity index (χ1) is 12.4. The van der Waals surface area contributed by atoms with Gasteiger partial charge in [-0.2, -0.15) is 13.2 Å². The zero-order valence-corrected chi connectivity index (χ0v) is 13.8. The van der Waals surface area contributed by atoms with Gasteiger partial charge in [0.2, 0.25) is 0 Å². The number of carbonyl (C=O) groups is 2. The molecule has 1 N–H and O–H groups in total. The molecule has 1 fully saturated rings. The molecule has 0 saturated carbocycles. The molecule has 26 heavy (non-hydrogen) atoms. The maximum absolute atomic E-state index is 13.1. The topological polar surface area (TPSA) is 49.4 Å². The minimum Gasteiger partial charge on any atom is -0.339 e. The van der Waals surface area contributed by atoms with Crippen molar-refractivity contribution in [3.8, 4) is 0 Å². The molecule has 4 nitrogen and oxygen atoms in total. The van der Waals surface area contributed by atoms with E-state index in [4.69, 9.17) is 0 Å². The van der Waals surface area contributed by atoms with E-state index in [9.17, 15) is 22.8 Å². The molecule has 1 heterocycles. The van der Waals surface area contributed by atoms with Crippen LogP contribution >= 0.6 is 0 Å². The van der Waals surface area contributed by atoms with Crippen LogP contribution in [0.15, 0.2) is 48.5 Å². The smallest absolute Gasteiger partial charge is 0.339 e. The molecule has 0 spiro atoms. The second-order valence-electron chi connectivity index (χ2n) is 6.08. The van der Waals surface area contributed by atoms with Crippen molar-refractivity contribution in [2.24, 2.45) is 0 Å². The van der Waals surface area contributed by atoms with Gasteiger partial charge in [-0.05, 0) is 43.2 Å². The maximum atomic E-state index is 13.1. The molecular formula is C19H17F3N2O2. The van der Waals surface area contributed by atoms with Crippen LogP contribution in [0.3, 0.4) is 0 Å². The van der Waals surface area contributed by atoms with Crippen molar-refractivity contribution >= 4 is 17.5 Å². The summed E-state index contributed by atoms with van der Waals surface area (Å²) in [6, 6.07) is 10.8. The van der Waals surface area contributed by atoms with Gasteiger partial charge in [0.15, 0.2) is 0 Å². The Hall–Kier alpha value is -2.83. The van der Waals surface area contributed by atoms with Gasteiger partial charge >= 0.3 is 6.18 Å². The van der Waals surface area contributed by atoms with E-state index in [1.54, 1.807) is 17.0 Å². The van der Waals surface area contributed by atoms with E-state index in [1.807, 2.05) is 0 Å². The molecule has 2 aromatic rings. The lowest BCUT2D eigenvalue weighted by Gasteiger charge is -2.16. The first kappa shape index (κ1) is 18.0. The van der Waals surface area contributed by atoms with E-state index in [0.29, 0.717) is 18.7 Å². The molecule has 2 aromatic carbocycles. The monoisotopic (exact) mass is 362 g/mol. The lowest BCUT2D eigenvalue weighted by molar-refractivity contribution is -0.137. The van der Waals surface area contributed by atoms with Gasteiger partial charge < -0.3 is 10.2 Å². The quantitative estimate of drug-likeness (QED) is 0.890. The summed E-state index contributed by atoms with van der Waals surface area (Å²) in [5, 5.41) is 2.45. The van der Waals surface area contributed by atoms with Crippen LogP contribution in [0.5, 0.6) is 0 Å². The number of nitrogens with one attached hydrogen (secondary N) is 1. The first-order valence-corrected chi connectivity index (χ1v) is 8.23. The Balaban J connectivity index is 1.81. The number of likely N-dealkylation sites (tertiary alicyclic amines) is 1. The third kappa shape index (κ3) is 3.87. The lowest BCUT2D eigenvalue weighted by Crippen LogP contribution is -2.27. The fourth-order valence-corrected chi connectivity index (χ4v) is 2.96. The van der Waals surface area contributed by atoms with Crippen LogP contribution in [-0.4, -0.2) is 29.8 Å². The first-order valence-electron chi connectivity index (χ1n) is 8.23. The number of alkyl halides is 3. The second-order valence-corrected chi connectivity index (χ2v) is 6.08. The molecule has 0 unspecified atom stereocenters. The highest BCUT2D eigenvalue weighted by molar-refractivity contribution is 6.06. The van der Waals surface area contributed by atoms with E-state index in [1.165, 1.54) is 24.3 Å². The van der Waals surface area contributed by atoms with Gasteiger partial charge in [0.25, 0.3) is 11.8 Å². The number of halogens is 3. The van der Waals surface area contributed by atoms with Crippen molar-refractivity contribution in [1.82, 2.24) is 4.90 Å². The molecule has 0 atom stereocenters. The summed E-state index contributed by atoms with van der Waals surface area (Å²) in [6.07, 6.45) is -2.71. The van der Waals surface area contributed by atoms with E-state index < -0.39 is 23.2 Å². The molecule has 2 amide bonds. The number of hydrogen-bond acceptors (Lipinski definition) is 2. The molecule has 1 aliphatic rings. The van der Waals surface area contributed by atoms with Crippen LogP contribution in [0.2, 0.25) is 0 Å². The minimum atomic E-state index is -4.62. The van der Waals surface area contributed by atoms with Gasteiger partial charge in [-0.25, -0.2) is 0 Å². The Morgan fingerprint density at radius 3 is 2.35 bits per heavy atom. The van der Waals surface area contributed by atoms with Crippen LogP contribution in [0, 0.1) is 0 Å². The van der Waals surface area contributed by atoms with Crippen LogP contribution < -0.4 is 5.32 Å². The highest BCUT2D eigenvalue weighted by Crippen LogP contribution is 2.32. The Kier molecular flexibility index (Phi) is 4.97. The largest absolute Gasteiger partial charge is 0.417 e. The van der Waals surface area contributed by atoms with Crippen LogP contribution in [0.1, 0.15) is 39.1 Å². The fourth-order valence-electron chi connectivity index (χ4n) is 2.96. The van der Waals surface area contributed by atoms with Crippen LogP contribution in [-0.2, 0) is 6.18 Å². The third-order valence-electron chi connectivity index (χ3n) is 4.24. The Bertz CT molecular complexity index is 828. The predicted octanol–water partition coefficient (Wildman–Crippen LogP) is 4.19. The lowest BCUT2D eigenvalue weighted by atomic mass is 10.1. The molecule has 0 radical (unpaired) electrons. The van der Waals surface area contributed by atoms with Crippen molar-refractivity contribution in [2.45, 2.75) is 19.0 Å². The van der Waals surface area contributed by atoms with Gasteiger partial charge in [0.1, 0.15) is 0 Å². The summed E-state index contributed by atoms with van der Waals surface area (Å²) in [5.41, 5.74) is -0.788. The number of anilines is 1. The summed E-state index contributed by atoms with van der Waals surface area (Å²) < 4.78 is 39.2. The van der Waals surface area contributed by atoms with E-state index in [-0.39, 0.29) is 11.6 Å². The normalized spacial score (nSPS) is 14.3. The van der Waals surface area contributed by atoms with Gasteiger partial charge in [0.05, 0.1) is 11.1 Å². The van der Waals surface area contributed by atoms with Gasteiger partial charge in [-0.15, -0.1) is 0 Å². The van der Waals surface area contributed by atoms with E-state index in [2.05, 4.69) is 5.32 Å². The molecule has 3 rings (SSSR count). The van der Waals surface area contributed by atoms with Crippen molar-refractivity contribution < 1.29 is 22.8 Å². The molecule has 1 aliphatic heterocycles. The molecular weight excluding hydrogens is 345 g/mol. The average Bonchev–Trinajstić information content (AvgIpc) is 3.15. The van der Waals surface area contributed by atoms with Crippen LogP contribution in [0.4, 0.5) is 18.9 Å². The average molecular weight is 362 g/mol. The van der Waals surface area contributed by atoms with Gasteiger partial charge in [0, 0.05) is 24.3 Å². The highest BCUT2D eigenvalue weighted by Gasteiger charge is 2.34. The molecule has 0 aliphatic carbocycles. The van der Waals surface area contributed by atoms with E-state index >= 15 is 0 Å². The predicted molar refractivity (Wildman–Crippen MR) is 91.0 cm³/mol. The minimum absolute atomic E-state index is 0.144. The summed E-state index contributed by atoms with van der Waals surface area (Å²) >= 11 is 0. The Morgan fingerprint density at radius 1 is 0.962 bits per heavy atom. The summed E-state index contributed by atoms with van der Waals surface area (Å²) in [7, 11) is 0. The molecule has 7 heteroatoms. The standard InChI is InChI=1S/C19H17F3N2O2/c20-19(21,22)16-9-2-1-8-15(16)17(25)23-14-7-5-6-13(12-14)18(26)24-10-3-4-11-24/h1-2,5-9,12H,3-4,10-11H2,(H,23,25). The zero-order valence-electron chi connectivity index (χ0n) is 13.8. The third-order valence-corrected chi connectivity index (χ3v) is 4.24. The number of carbonyl (C=O) groups excluding carboxylic acids is 2. The van der Waals surface area contributed by atoms with Gasteiger partial charge in [-0.1, -0.05) is 18.2 Å². The summed E-state index contributed by atoms with van der Waals surface area (Å²) in [4.78, 5) is 26.4. The molecule has 136 valence electrons. The van der Waals surface area contributed by atoms with Crippen LogP contribution in [0.25, 0.3) is 0 Å². The molecule has 0 aromatic heterocycles. The van der Waals surface area contributed by atoms with Crippen molar-refractivity contribution in [1.29, 1.82) is 0 Å². The SMILES string of the molecule is O=C(Nc1cccc(C(=O)N2CCCC2)c1)c1ccccc1C(F)(F)F. The molecule has 0 bridgehead atoms.